The normalized spacial score (nSPS) is 11.3. The standard InChI is InChI=1S/C13H16O2S/c1-10(11(2)14)8-16-9-12-6-4-5-7-13(12)15-3/h4-8H,9H2,1-3H3/b10-8+. The molecular weight excluding hydrogens is 220 g/mol. The molecule has 0 aromatic heterocycles. The van der Waals surface area contributed by atoms with Crippen LogP contribution < -0.4 is 4.74 Å². The summed E-state index contributed by atoms with van der Waals surface area (Å²) in [4.78, 5) is 11.0. The number of methoxy groups -OCH3 is 1. The third kappa shape index (κ3) is 3.74. The first kappa shape index (κ1) is 12.8. The van der Waals surface area contributed by atoms with E-state index in [0.717, 1.165) is 22.6 Å². The number of carbonyl (C=O) groups excluding carboxylic acids is 1. The fourth-order valence-corrected chi connectivity index (χ4v) is 2.08. The maximum Gasteiger partial charge on any atom is 0.156 e. The van der Waals surface area contributed by atoms with Gasteiger partial charge in [0.05, 0.1) is 7.11 Å². The first-order valence-corrected chi connectivity index (χ1v) is 6.11. The number of carbonyl (C=O) groups is 1. The number of Topliss-reactive ketones (excluding diaryl/α,β-unsaturated/α-hetero) is 1. The summed E-state index contributed by atoms with van der Waals surface area (Å²) in [5, 5.41) is 1.90. The molecule has 0 N–H and O–H groups in total. The van der Waals surface area contributed by atoms with Crippen molar-refractivity contribution in [2.75, 3.05) is 7.11 Å². The molecule has 2 nitrogen and oxygen atoms in total. The molecule has 1 rings (SSSR count). The van der Waals surface area contributed by atoms with Gasteiger partial charge >= 0.3 is 0 Å². The number of ketones is 1. The Bertz CT molecular complexity index is 397. The first-order chi connectivity index (χ1) is 7.65. The van der Waals surface area contributed by atoms with Gasteiger partial charge in [0.2, 0.25) is 0 Å². The van der Waals surface area contributed by atoms with Gasteiger partial charge in [-0.2, -0.15) is 0 Å². The summed E-state index contributed by atoms with van der Waals surface area (Å²) in [7, 11) is 1.67. The minimum atomic E-state index is 0.118. The number of ether oxygens (including phenoxy) is 1. The number of thioether (sulfide) groups is 1. The number of allylic oxidation sites excluding steroid dienone is 1. The summed E-state index contributed by atoms with van der Waals surface area (Å²) < 4.78 is 5.25. The van der Waals surface area contributed by atoms with Gasteiger partial charge in [-0.25, -0.2) is 0 Å². The first-order valence-electron chi connectivity index (χ1n) is 5.06. The van der Waals surface area contributed by atoms with Crippen LogP contribution in [0.2, 0.25) is 0 Å². The molecule has 86 valence electrons. The molecule has 0 radical (unpaired) electrons. The number of hydrogen-bond acceptors (Lipinski definition) is 3. The monoisotopic (exact) mass is 236 g/mol. The fraction of sp³-hybridized carbons (Fsp3) is 0.308. The van der Waals surface area contributed by atoms with E-state index in [1.54, 1.807) is 25.8 Å². The second-order valence-electron chi connectivity index (χ2n) is 3.48. The van der Waals surface area contributed by atoms with Crippen LogP contribution in [0.15, 0.2) is 35.2 Å². The molecule has 0 amide bonds. The van der Waals surface area contributed by atoms with Crippen molar-refractivity contribution in [3.05, 3.63) is 40.8 Å². The lowest BCUT2D eigenvalue weighted by atomic mass is 10.2. The minimum Gasteiger partial charge on any atom is -0.496 e. The van der Waals surface area contributed by atoms with Crippen molar-refractivity contribution >= 4 is 17.5 Å². The van der Waals surface area contributed by atoms with Gasteiger partial charge in [0.1, 0.15) is 5.75 Å². The molecule has 0 saturated carbocycles. The molecule has 16 heavy (non-hydrogen) atoms. The maximum absolute atomic E-state index is 11.0. The minimum absolute atomic E-state index is 0.118. The summed E-state index contributed by atoms with van der Waals surface area (Å²) in [5.74, 6) is 1.82. The van der Waals surface area contributed by atoms with Crippen molar-refractivity contribution < 1.29 is 9.53 Å². The van der Waals surface area contributed by atoms with Crippen molar-refractivity contribution in [1.82, 2.24) is 0 Å². The topological polar surface area (TPSA) is 26.3 Å². The SMILES string of the molecule is COc1ccccc1CS/C=C(\C)C(C)=O. The predicted molar refractivity (Wildman–Crippen MR) is 68.7 cm³/mol. The summed E-state index contributed by atoms with van der Waals surface area (Å²) in [6, 6.07) is 7.91. The second kappa shape index (κ2) is 6.38. The molecular formula is C13H16O2S. The van der Waals surface area contributed by atoms with Crippen LogP contribution in [-0.4, -0.2) is 12.9 Å². The Balaban J connectivity index is 2.61. The zero-order valence-corrected chi connectivity index (χ0v) is 10.6. The predicted octanol–water partition coefficient (Wildman–Crippen LogP) is 3.42. The van der Waals surface area contributed by atoms with Gasteiger partial charge in [-0.1, -0.05) is 18.2 Å². The summed E-state index contributed by atoms with van der Waals surface area (Å²) in [6.07, 6.45) is 0. The summed E-state index contributed by atoms with van der Waals surface area (Å²) in [5.41, 5.74) is 1.93. The molecule has 0 aliphatic carbocycles. The number of rotatable bonds is 5. The average Bonchev–Trinajstić information content (AvgIpc) is 2.29. The molecule has 0 fully saturated rings. The van der Waals surface area contributed by atoms with Crippen LogP contribution >= 0.6 is 11.8 Å². The van der Waals surface area contributed by atoms with E-state index in [4.69, 9.17) is 4.74 Å². The molecule has 0 bridgehead atoms. The Morgan fingerprint density at radius 3 is 2.69 bits per heavy atom. The molecule has 0 atom stereocenters. The number of benzene rings is 1. The van der Waals surface area contributed by atoms with Crippen molar-refractivity contribution in [3.8, 4) is 5.75 Å². The Morgan fingerprint density at radius 1 is 1.38 bits per heavy atom. The number of para-hydroxylation sites is 1. The fourth-order valence-electron chi connectivity index (χ4n) is 1.16. The van der Waals surface area contributed by atoms with Gasteiger partial charge in [-0.05, 0) is 30.9 Å². The third-order valence-corrected chi connectivity index (χ3v) is 3.24. The van der Waals surface area contributed by atoms with Crippen LogP contribution in [0, 0.1) is 0 Å². The van der Waals surface area contributed by atoms with Crippen molar-refractivity contribution in [3.63, 3.8) is 0 Å². The van der Waals surface area contributed by atoms with E-state index < -0.39 is 0 Å². The van der Waals surface area contributed by atoms with Gasteiger partial charge in [-0.15, -0.1) is 11.8 Å². The van der Waals surface area contributed by atoms with E-state index in [0.29, 0.717) is 0 Å². The summed E-state index contributed by atoms with van der Waals surface area (Å²) >= 11 is 1.61. The van der Waals surface area contributed by atoms with Crippen molar-refractivity contribution in [1.29, 1.82) is 0 Å². The number of hydrogen-bond donors (Lipinski definition) is 0. The lowest BCUT2D eigenvalue weighted by Gasteiger charge is -2.06. The Labute approximate surface area is 101 Å². The zero-order valence-electron chi connectivity index (χ0n) is 9.82. The molecule has 0 aliphatic rings. The largest absolute Gasteiger partial charge is 0.496 e. The molecule has 0 spiro atoms. The van der Waals surface area contributed by atoms with Crippen molar-refractivity contribution in [2.24, 2.45) is 0 Å². The second-order valence-corrected chi connectivity index (χ2v) is 4.34. The maximum atomic E-state index is 11.0. The van der Waals surface area contributed by atoms with E-state index in [-0.39, 0.29) is 5.78 Å². The van der Waals surface area contributed by atoms with E-state index >= 15 is 0 Å². The van der Waals surface area contributed by atoms with Gasteiger partial charge in [-0.3, -0.25) is 4.79 Å². The average molecular weight is 236 g/mol. The van der Waals surface area contributed by atoms with Crippen LogP contribution in [0.4, 0.5) is 0 Å². The van der Waals surface area contributed by atoms with E-state index in [1.807, 2.05) is 36.6 Å². The molecule has 0 saturated heterocycles. The quantitative estimate of drug-likeness (QED) is 0.733. The van der Waals surface area contributed by atoms with Crippen LogP contribution in [-0.2, 0) is 10.5 Å². The smallest absolute Gasteiger partial charge is 0.156 e. The van der Waals surface area contributed by atoms with Gasteiger partial charge in [0.25, 0.3) is 0 Å². The molecule has 1 aromatic carbocycles. The molecule has 0 aliphatic heterocycles. The van der Waals surface area contributed by atoms with Gasteiger partial charge in [0.15, 0.2) is 5.78 Å². The molecule has 0 unspecified atom stereocenters. The summed E-state index contributed by atoms with van der Waals surface area (Å²) in [6.45, 7) is 3.41. The van der Waals surface area contributed by atoms with E-state index in [2.05, 4.69) is 0 Å². The molecule has 0 heterocycles. The highest BCUT2D eigenvalue weighted by molar-refractivity contribution is 8.01. The van der Waals surface area contributed by atoms with E-state index in [1.165, 1.54) is 0 Å². The van der Waals surface area contributed by atoms with Crippen LogP contribution in [0.25, 0.3) is 0 Å². The highest BCUT2D eigenvalue weighted by Crippen LogP contribution is 2.23. The lowest BCUT2D eigenvalue weighted by Crippen LogP contribution is -1.91. The third-order valence-electron chi connectivity index (χ3n) is 2.25. The highest BCUT2D eigenvalue weighted by atomic mass is 32.2. The lowest BCUT2D eigenvalue weighted by molar-refractivity contribution is -0.113. The Kier molecular flexibility index (Phi) is 5.12. The van der Waals surface area contributed by atoms with Crippen molar-refractivity contribution in [2.45, 2.75) is 19.6 Å². The van der Waals surface area contributed by atoms with Crippen LogP contribution in [0.5, 0.6) is 5.75 Å². The van der Waals surface area contributed by atoms with E-state index in [9.17, 15) is 4.79 Å². The zero-order chi connectivity index (χ0) is 12.0. The molecule has 3 heteroatoms. The van der Waals surface area contributed by atoms with Gasteiger partial charge in [0, 0.05) is 11.3 Å². The van der Waals surface area contributed by atoms with Crippen LogP contribution in [0.1, 0.15) is 19.4 Å². The Hall–Kier alpha value is -1.22. The van der Waals surface area contributed by atoms with Gasteiger partial charge < -0.3 is 4.74 Å². The molecule has 1 aromatic rings. The van der Waals surface area contributed by atoms with Crippen LogP contribution in [0.3, 0.4) is 0 Å². The Morgan fingerprint density at radius 2 is 2.06 bits per heavy atom. The highest BCUT2D eigenvalue weighted by Gasteiger charge is 2.01.